The summed E-state index contributed by atoms with van der Waals surface area (Å²) in [5.41, 5.74) is 6.34. The number of carbonyl (C=O) groups is 1. The van der Waals surface area contributed by atoms with Crippen LogP contribution >= 0.6 is 0 Å². The van der Waals surface area contributed by atoms with Crippen molar-refractivity contribution in [3.63, 3.8) is 0 Å². The van der Waals surface area contributed by atoms with Crippen LogP contribution in [0, 0.1) is 17.6 Å². The van der Waals surface area contributed by atoms with Crippen LogP contribution in [0.2, 0.25) is 0 Å². The summed E-state index contributed by atoms with van der Waals surface area (Å²) in [6, 6.07) is 2.31. The summed E-state index contributed by atoms with van der Waals surface area (Å²) in [6.45, 7) is 4.85. The van der Waals surface area contributed by atoms with Gasteiger partial charge in [-0.2, -0.15) is 0 Å². The number of halogens is 2. The Morgan fingerprint density at radius 2 is 1.21 bits per heavy atom. The lowest BCUT2D eigenvalue weighted by molar-refractivity contribution is -0.146. The lowest BCUT2D eigenvalue weighted by Gasteiger charge is -2.19. The van der Waals surface area contributed by atoms with Crippen molar-refractivity contribution in [2.24, 2.45) is 11.7 Å². The van der Waals surface area contributed by atoms with E-state index in [1.54, 1.807) is 0 Å². The fourth-order valence-corrected chi connectivity index (χ4v) is 4.46. The number of rotatable bonds is 21. The van der Waals surface area contributed by atoms with E-state index in [1.165, 1.54) is 102 Å². The smallest absolute Gasteiger partial charge is 0.323 e. The van der Waals surface area contributed by atoms with E-state index in [-0.39, 0.29) is 6.42 Å². The molecule has 3 nitrogen and oxygen atoms in total. The van der Waals surface area contributed by atoms with E-state index in [0.29, 0.717) is 18.1 Å². The summed E-state index contributed by atoms with van der Waals surface area (Å²) < 4.78 is 32.4. The monoisotopic (exact) mass is 481 g/mol. The number of hydrogen-bond acceptors (Lipinski definition) is 3. The maximum Gasteiger partial charge on any atom is 0.323 e. The van der Waals surface area contributed by atoms with Gasteiger partial charge in [0.15, 0.2) is 0 Å². The second-order valence-electron chi connectivity index (χ2n) is 9.90. The van der Waals surface area contributed by atoms with E-state index in [4.69, 9.17) is 10.5 Å². The molecule has 0 unspecified atom stereocenters. The number of nitrogens with two attached hydrogens (primary N) is 1. The fraction of sp³-hybridized carbons (Fsp3) is 0.759. The number of esters is 1. The molecule has 0 heterocycles. The third kappa shape index (κ3) is 15.4. The molecule has 34 heavy (non-hydrogen) atoms. The van der Waals surface area contributed by atoms with Crippen molar-refractivity contribution in [1.82, 2.24) is 0 Å². The highest BCUT2D eigenvalue weighted by Crippen LogP contribution is 2.20. The summed E-state index contributed by atoms with van der Waals surface area (Å²) in [7, 11) is 0. The van der Waals surface area contributed by atoms with Crippen molar-refractivity contribution in [3.05, 3.63) is 35.4 Å². The van der Waals surface area contributed by atoms with Gasteiger partial charge in [0, 0.05) is 6.07 Å². The lowest BCUT2D eigenvalue weighted by atomic mass is 9.94. The SMILES string of the molecule is CCCCCCCCCC(CCCCCCCCC)COC(=O)[C@@H](N)Cc1cc(F)cc(F)c1. The van der Waals surface area contributed by atoms with Crippen molar-refractivity contribution >= 4 is 5.97 Å². The topological polar surface area (TPSA) is 52.3 Å². The van der Waals surface area contributed by atoms with Gasteiger partial charge in [0.25, 0.3) is 0 Å². The Bertz CT molecular complexity index is 615. The summed E-state index contributed by atoms with van der Waals surface area (Å²) in [6.07, 6.45) is 20.0. The largest absolute Gasteiger partial charge is 0.464 e. The van der Waals surface area contributed by atoms with E-state index in [1.807, 2.05) is 0 Å². The van der Waals surface area contributed by atoms with Gasteiger partial charge >= 0.3 is 5.97 Å². The first-order chi connectivity index (χ1) is 16.5. The molecule has 0 spiro atoms. The van der Waals surface area contributed by atoms with Crippen LogP contribution in [0.1, 0.15) is 122 Å². The van der Waals surface area contributed by atoms with Gasteiger partial charge < -0.3 is 10.5 Å². The maximum atomic E-state index is 13.4. The maximum absolute atomic E-state index is 13.4. The van der Waals surface area contributed by atoms with Gasteiger partial charge in [0.2, 0.25) is 0 Å². The van der Waals surface area contributed by atoms with Crippen molar-refractivity contribution in [1.29, 1.82) is 0 Å². The minimum Gasteiger partial charge on any atom is -0.464 e. The minimum absolute atomic E-state index is 0.0632. The third-order valence-corrected chi connectivity index (χ3v) is 6.57. The van der Waals surface area contributed by atoms with Crippen LogP contribution < -0.4 is 5.73 Å². The zero-order valence-electron chi connectivity index (χ0n) is 21.8. The molecule has 0 amide bonds. The summed E-state index contributed by atoms with van der Waals surface area (Å²) in [5, 5.41) is 0. The zero-order chi connectivity index (χ0) is 25.0. The van der Waals surface area contributed by atoms with Gasteiger partial charge in [0.1, 0.15) is 17.7 Å². The Balaban J connectivity index is 2.41. The Kier molecular flexibility index (Phi) is 17.8. The van der Waals surface area contributed by atoms with Crippen molar-refractivity contribution in [2.75, 3.05) is 6.61 Å². The molecular weight excluding hydrogens is 432 g/mol. The first kappa shape index (κ1) is 30.5. The van der Waals surface area contributed by atoms with Gasteiger partial charge in [-0.15, -0.1) is 0 Å². The Labute approximate surface area is 207 Å². The number of benzene rings is 1. The molecule has 0 aromatic heterocycles. The van der Waals surface area contributed by atoms with Crippen LogP contribution in [-0.2, 0) is 16.0 Å². The predicted octanol–water partition coefficient (Wildman–Crippen LogP) is 8.28. The standard InChI is InChI=1S/C29H49F2NO2/c1-3-5-7-9-11-13-15-17-24(18-16-14-12-10-8-6-4-2)23-34-29(33)28(32)21-25-19-26(30)22-27(31)20-25/h19-20,22,24,28H,3-18,21,23,32H2,1-2H3/t28-/m0/s1. The first-order valence-corrected chi connectivity index (χ1v) is 13.8. The highest BCUT2D eigenvalue weighted by atomic mass is 19.1. The van der Waals surface area contributed by atoms with Crippen LogP contribution in [0.3, 0.4) is 0 Å². The Morgan fingerprint density at radius 3 is 1.68 bits per heavy atom. The Hall–Kier alpha value is -1.49. The number of carbonyl (C=O) groups excluding carboxylic acids is 1. The van der Waals surface area contributed by atoms with Crippen molar-refractivity contribution < 1.29 is 18.3 Å². The number of unbranched alkanes of at least 4 members (excludes halogenated alkanes) is 12. The van der Waals surface area contributed by atoms with Crippen LogP contribution in [0.25, 0.3) is 0 Å². The van der Waals surface area contributed by atoms with Gasteiger partial charge in [-0.3, -0.25) is 4.79 Å². The summed E-state index contributed by atoms with van der Waals surface area (Å²) in [4.78, 5) is 12.4. The molecule has 0 fully saturated rings. The third-order valence-electron chi connectivity index (χ3n) is 6.57. The second-order valence-corrected chi connectivity index (χ2v) is 9.90. The summed E-state index contributed by atoms with van der Waals surface area (Å²) >= 11 is 0. The quantitative estimate of drug-likeness (QED) is 0.142. The van der Waals surface area contributed by atoms with E-state index in [9.17, 15) is 13.6 Å². The van der Waals surface area contributed by atoms with Gasteiger partial charge in [0.05, 0.1) is 6.61 Å². The molecule has 5 heteroatoms. The highest BCUT2D eigenvalue weighted by Gasteiger charge is 2.19. The molecule has 0 saturated carbocycles. The van der Waals surface area contributed by atoms with E-state index in [0.717, 1.165) is 18.9 Å². The number of hydrogen-bond donors (Lipinski definition) is 1. The number of ether oxygens (including phenoxy) is 1. The average molecular weight is 482 g/mol. The predicted molar refractivity (Wildman–Crippen MR) is 138 cm³/mol. The molecule has 0 aliphatic rings. The van der Waals surface area contributed by atoms with E-state index in [2.05, 4.69) is 13.8 Å². The van der Waals surface area contributed by atoms with E-state index >= 15 is 0 Å². The van der Waals surface area contributed by atoms with Gasteiger partial charge in [-0.1, -0.05) is 104 Å². The molecule has 1 aromatic rings. The first-order valence-electron chi connectivity index (χ1n) is 13.8. The van der Waals surface area contributed by atoms with Crippen molar-refractivity contribution in [2.45, 2.75) is 129 Å². The molecule has 0 saturated heterocycles. The van der Waals surface area contributed by atoms with Crippen LogP contribution in [0.5, 0.6) is 0 Å². The minimum atomic E-state index is -0.918. The lowest BCUT2D eigenvalue weighted by Crippen LogP contribution is -2.35. The molecular formula is C29H49F2NO2. The van der Waals surface area contributed by atoms with Gasteiger partial charge in [-0.05, 0) is 42.9 Å². The summed E-state index contributed by atoms with van der Waals surface area (Å²) in [5.74, 6) is -1.47. The molecule has 1 rings (SSSR count). The zero-order valence-corrected chi connectivity index (χ0v) is 21.8. The molecule has 0 aliphatic heterocycles. The fourth-order valence-electron chi connectivity index (χ4n) is 4.46. The van der Waals surface area contributed by atoms with Gasteiger partial charge in [-0.25, -0.2) is 8.78 Å². The molecule has 0 radical (unpaired) electrons. The Morgan fingerprint density at radius 1 is 0.765 bits per heavy atom. The van der Waals surface area contributed by atoms with Crippen molar-refractivity contribution in [3.8, 4) is 0 Å². The second kappa shape index (κ2) is 19.8. The molecule has 2 N–H and O–H groups in total. The van der Waals surface area contributed by atoms with Crippen LogP contribution in [0.15, 0.2) is 18.2 Å². The average Bonchev–Trinajstić information content (AvgIpc) is 2.79. The van der Waals surface area contributed by atoms with Crippen LogP contribution in [-0.4, -0.2) is 18.6 Å². The molecule has 1 aromatic carbocycles. The van der Waals surface area contributed by atoms with Crippen LogP contribution in [0.4, 0.5) is 8.78 Å². The molecule has 1 atom stereocenters. The normalized spacial score (nSPS) is 12.3. The highest BCUT2D eigenvalue weighted by molar-refractivity contribution is 5.75. The molecule has 196 valence electrons. The molecule has 0 aliphatic carbocycles. The molecule has 0 bridgehead atoms. The van der Waals surface area contributed by atoms with E-state index < -0.39 is 23.6 Å².